The summed E-state index contributed by atoms with van der Waals surface area (Å²) in [6.45, 7) is 5.21. The molecule has 1 heterocycles. The third-order valence-corrected chi connectivity index (χ3v) is 10.9. The van der Waals surface area contributed by atoms with Crippen LogP contribution in [0.25, 0.3) is 0 Å². The summed E-state index contributed by atoms with van der Waals surface area (Å²) in [6, 6.07) is 0. The van der Waals surface area contributed by atoms with Crippen molar-refractivity contribution in [1.82, 2.24) is 0 Å². The minimum Gasteiger partial charge on any atom is -0.498 e. The Labute approximate surface area is 291 Å². The van der Waals surface area contributed by atoms with Crippen molar-refractivity contribution in [3.8, 4) is 0 Å². The van der Waals surface area contributed by atoms with Gasteiger partial charge in [-0.3, -0.25) is 9.36 Å². The minimum atomic E-state index is -3.07. The highest BCUT2D eigenvalue weighted by molar-refractivity contribution is 7.54. The highest BCUT2D eigenvalue weighted by atomic mass is 31.2. The summed E-state index contributed by atoms with van der Waals surface area (Å²) < 4.78 is 34.9. The Morgan fingerprint density at radius 2 is 1.11 bits per heavy atom. The monoisotopic (exact) mass is 683 g/mol. The Bertz CT molecular complexity index is 788. The standard InChI is InChI=1S/C40H75O6P/c1-3-5-7-9-11-13-15-17-19-20-22-24-26-28-30-33-40(41)46-39(38-45-47(42)36-32-35-44-47)37-43-34-31-29-27-25-23-21-18-16-14-12-10-8-6-4-2/h17,19,31,34,39H,3-16,18,20-30,32-33,35-38H2,1-2H3/b19-17-,34-31-. The molecule has 1 rings (SSSR count). The van der Waals surface area contributed by atoms with Gasteiger partial charge in [0.25, 0.3) is 0 Å². The van der Waals surface area contributed by atoms with E-state index >= 15 is 0 Å². The van der Waals surface area contributed by atoms with Crippen LogP contribution < -0.4 is 0 Å². The van der Waals surface area contributed by atoms with Gasteiger partial charge in [0, 0.05) is 6.42 Å². The van der Waals surface area contributed by atoms with E-state index in [0.717, 1.165) is 44.9 Å². The lowest BCUT2D eigenvalue weighted by Crippen LogP contribution is -2.27. The van der Waals surface area contributed by atoms with Gasteiger partial charge >= 0.3 is 13.6 Å². The summed E-state index contributed by atoms with van der Waals surface area (Å²) in [7, 11) is -3.07. The third kappa shape index (κ3) is 29.5. The van der Waals surface area contributed by atoms with E-state index < -0.39 is 13.7 Å². The van der Waals surface area contributed by atoms with E-state index in [-0.39, 0.29) is 19.2 Å². The van der Waals surface area contributed by atoms with Crippen LogP contribution in [-0.4, -0.2) is 38.1 Å². The Balaban J connectivity index is 2.13. The Hall–Kier alpha value is -1.10. The predicted molar refractivity (Wildman–Crippen MR) is 199 cm³/mol. The van der Waals surface area contributed by atoms with Crippen molar-refractivity contribution in [2.24, 2.45) is 0 Å². The zero-order chi connectivity index (χ0) is 33.9. The number of esters is 1. The van der Waals surface area contributed by atoms with E-state index in [1.54, 1.807) is 6.26 Å². The SMILES string of the molecule is CCCCCCCC/C=C\CCCCCCCC(=O)OC(CO/C=C\CCCCCCCCCCCCCC)COP1(=O)CCCO1. The van der Waals surface area contributed by atoms with E-state index in [1.165, 1.54) is 128 Å². The van der Waals surface area contributed by atoms with Crippen LogP contribution >= 0.6 is 7.60 Å². The molecule has 1 aliphatic rings. The van der Waals surface area contributed by atoms with Crippen molar-refractivity contribution in [2.75, 3.05) is 26.0 Å². The predicted octanol–water partition coefficient (Wildman–Crippen LogP) is 13.2. The molecular weight excluding hydrogens is 607 g/mol. The van der Waals surface area contributed by atoms with Crippen LogP contribution in [0.3, 0.4) is 0 Å². The van der Waals surface area contributed by atoms with Crippen molar-refractivity contribution in [3.05, 3.63) is 24.5 Å². The molecule has 1 aliphatic heterocycles. The Morgan fingerprint density at radius 1 is 0.638 bits per heavy atom. The minimum absolute atomic E-state index is 0.0297. The lowest BCUT2D eigenvalue weighted by atomic mass is 10.0. The largest absolute Gasteiger partial charge is 0.498 e. The maximum atomic E-state index is 12.6. The van der Waals surface area contributed by atoms with Gasteiger partial charge in [-0.05, 0) is 57.4 Å². The second-order valence-electron chi connectivity index (χ2n) is 13.6. The van der Waals surface area contributed by atoms with Gasteiger partial charge in [-0.15, -0.1) is 0 Å². The fourth-order valence-corrected chi connectivity index (χ4v) is 7.58. The van der Waals surface area contributed by atoms with Crippen molar-refractivity contribution >= 4 is 13.6 Å². The molecule has 0 aromatic heterocycles. The average molecular weight is 683 g/mol. The highest BCUT2D eigenvalue weighted by Crippen LogP contribution is 2.52. The molecule has 2 atom stereocenters. The molecule has 276 valence electrons. The number of carbonyl (C=O) groups is 1. The van der Waals surface area contributed by atoms with Crippen LogP contribution in [-0.2, 0) is 27.9 Å². The van der Waals surface area contributed by atoms with E-state index in [1.807, 2.05) is 6.08 Å². The van der Waals surface area contributed by atoms with Crippen molar-refractivity contribution in [2.45, 2.75) is 200 Å². The van der Waals surface area contributed by atoms with Crippen LogP contribution in [0.15, 0.2) is 24.5 Å². The fraction of sp³-hybridized carbons (Fsp3) is 0.875. The third-order valence-electron chi connectivity index (χ3n) is 8.96. The Morgan fingerprint density at radius 3 is 1.60 bits per heavy atom. The summed E-state index contributed by atoms with van der Waals surface area (Å²) >= 11 is 0. The molecule has 1 saturated heterocycles. The molecule has 0 aliphatic carbocycles. The van der Waals surface area contributed by atoms with Gasteiger partial charge < -0.3 is 18.5 Å². The summed E-state index contributed by atoms with van der Waals surface area (Å²) in [5.41, 5.74) is 0. The van der Waals surface area contributed by atoms with Gasteiger partial charge in [0.15, 0.2) is 6.10 Å². The van der Waals surface area contributed by atoms with Crippen LogP contribution in [0.5, 0.6) is 0 Å². The Kier molecular flexibility index (Phi) is 31.2. The van der Waals surface area contributed by atoms with E-state index in [4.69, 9.17) is 18.5 Å². The molecule has 0 aromatic rings. The van der Waals surface area contributed by atoms with Crippen LogP contribution in [0.4, 0.5) is 0 Å². The number of ether oxygens (including phenoxy) is 2. The first kappa shape index (κ1) is 43.9. The normalized spacial score (nSPS) is 17.2. The molecule has 0 bridgehead atoms. The summed E-state index contributed by atoms with van der Waals surface area (Å²) in [5.74, 6) is -0.245. The molecule has 0 amide bonds. The lowest BCUT2D eigenvalue weighted by molar-refractivity contribution is -0.153. The number of carbonyl (C=O) groups excluding carboxylic acids is 1. The van der Waals surface area contributed by atoms with Gasteiger partial charge in [0.1, 0.15) is 6.61 Å². The highest BCUT2D eigenvalue weighted by Gasteiger charge is 2.31. The van der Waals surface area contributed by atoms with E-state index in [2.05, 4.69) is 26.0 Å². The fourth-order valence-electron chi connectivity index (χ4n) is 5.93. The second-order valence-corrected chi connectivity index (χ2v) is 15.8. The molecule has 0 spiro atoms. The second kappa shape index (κ2) is 33.4. The van der Waals surface area contributed by atoms with Gasteiger partial charge in [-0.2, -0.15) is 0 Å². The maximum Gasteiger partial charge on any atom is 0.330 e. The van der Waals surface area contributed by atoms with Gasteiger partial charge in [0.2, 0.25) is 0 Å². The molecule has 7 heteroatoms. The maximum absolute atomic E-state index is 12.6. The van der Waals surface area contributed by atoms with Crippen LogP contribution in [0.1, 0.15) is 194 Å². The lowest BCUT2D eigenvalue weighted by Gasteiger charge is -2.19. The molecule has 0 N–H and O–H groups in total. The van der Waals surface area contributed by atoms with Crippen molar-refractivity contribution in [1.29, 1.82) is 0 Å². The molecule has 2 unspecified atom stereocenters. The number of hydrogen-bond acceptors (Lipinski definition) is 6. The number of rotatable bonds is 35. The molecule has 0 radical (unpaired) electrons. The average Bonchev–Trinajstić information content (AvgIpc) is 3.51. The molecule has 1 fully saturated rings. The first-order valence-corrected chi connectivity index (χ1v) is 21.8. The number of allylic oxidation sites excluding steroid dienone is 3. The summed E-state index contributed by atoms with van der Waals surface area (Å²) in [6.07, 6.45) is 42.4. The molecule has 47 heavy (non-hydrogen) atoms. The van der Waals surface area contributed by atoms with Crippen molar-refractivity contribution in [3.63, 3.8) is 0 Å². The number of hydrogen-bond donors (Lipinski definition) is 0. The topological polar surface area (TPSA) is 71.1 Å². The number of unbranched alkanes of at least 4 members (excludes halogenated alkanes) is 23. The van der Waals surface area contributed by atoms with Gasteiger partial charge in [-0.25, -0.2) is 0 Å². The molecule has 0 aromatic carbocycles. The first-order valence-electron chi connectivity index (χ1n) is 20.1. The van der Waals surface area contributed by atoms with Crippen LogP contribution in [0, 0.1) is 0 Å². The van der Waals surface area contributed by atoms with Gasteiger partial charge in [-0.1, -0.05) is 148 Å². The zero-order valence-corrected chi connectivity index (χ0v) is 31.8. The molecular formula is C40H75O6P. The van der Waals surface area contributed by atoms with E-state index in [9.17, 15) is 9.36 Å². The van der Waals surface area contributed by atoms with E-state index in [0.29, 0.717) is 19.2 Å². The van der Waals surface area contributed by atoms with Gasteiger partial charge in [0.05, 0.1) is 25.6 Å². The molecule has 6 nitrogen and oxygen atoms in total. The zero-order valence-electron chi connectivity index (χ0n) is 30.9. The quantitative estimate of drug-likeness (QED) is 0.0218. The van der Waals surface area contributed by atoms with Crippen LogP contribution in [0.2, 0.25) is 0 Å². The van der Waals surface area contributed by atoms with Crippen molar-refractivity contribution < 1.29 is 27.9 Å². The molecule has 0 saturated carbocycles. The smallest absolute Gasteiger partial charge is 0.330 e. The first-order chi connectivity index (χ1) is 23.1. The summed E-state index contributed by atoms with van der Waals surface area (Å²) in [5, 5.41) is 0. The summed E-state index contributed by atoms with van der Waals surface area (Å²) in [4.78, 5) is 12.6.